The number of aryl methyl sites for hydroxylation is 1. The van der Waals surface area contributed by atoms with Crippen LogP contribution in [0.4, 0.5) is 0 Å². The Morgan fingerprint density at radius 1 is 1.40 bits per heavy atom. The minimum Gasteiger partial charge on any atom is -0.392 e. The Morgan fingerprint density at radius 2 is 2.10 bits per heavy atom. The lowest BCUT2D eigenvalue weighted by molar-refractivity contribution is 0.280. The third-order valence-corrected chi connectivity index (χ3v) is 6.04. The molecule has 1 aromatic rings. The Kier molecular flexibility index (Phi) is 4.52. The highest BCUT2D eigenvalue weighted by Crippen LogP contribution is 2.30. The molecular weight excluding hydrogens is 274 g/mol. The summed E-state index contributed by atoms with van der Waals surface area (Å²) in [6, 6.07) is 5.08. The predicted octanol–water partition coefficient (Wildman–Crippen LogP) is 2.30. The molecule has 1 N–H and O–H groups in total. The summed E-state index contributed by atoms with van der Waals surface area (Å²) in [5.74, 6) is 0.315. The van der Waals surface area contributed by atoms with E-state index in [-0.39, 0.29) is 12.6 Å². The summed E-state index contributed by atoms with van der Waals surface area (Å²) < 4.78 is 27.2. The summed E-state index contributed by atoms with van der Waals surface area (Å²) >= 11 is 0. The van der Waals surface area contributed by atoms with Gasteiger partial charge >= 0.3 is 0 Å². The van der Waals surface area contributed by atoms with Crippen LogP contribution in [0.3, 0.4) is 0 Å². The molecule has 0 bridgehead atoms. The van der Waals surface area contributed by atoms with Crippen LogP contribution in [0.5, 0.6) is 0 Å². The summed E-state index contributed by atoms with van der Waals surface area (Å²) in [4.78, 5) is 0.291. The van der Waals surface area contributed by atoms with Crippen molar-refractivity contribution in [3.8, 4) is 0 Å². The van der Waals surface area contributed by atoms with Crippen LogP contribution in [0.15, 0.2) is 23.1 Å². The van der Waals surface area contributed by atoms with Gasteiger partial charge in [0.1, 0.15) is 0 Å². The Hall–Kier alpha value is -0.910. The molecule has 2 rings (SSSR count). The molecule has 1 aliphatic heterocycles. The van der Waals surface area contributed by atoms with Gasteiger partial charge in [0, 0.05) is 12.6 Å². The van der Waals surface area contributed by atoms with E-state index in [9.17, 15) is 13.5 Å². The molecular formula is C15H23NO3S. The molecule has 5 heteroatoms. The number of benzene rings is 1. The molecule has 0 aromatic heterocycles. The van der Waals surface area contributed by atoms with Gasteiger partial charge in [-0.3, -0.25) is 0 Å². The van der Waals surface area contributed by atoms with Gasteiger partial charge in [-0.25, -0.2) is 8.42 Å². The van der Waals surface area contributed by atoms with E-state index < -0.39 is 10.0 Å². The largest absolute Gasteiger partial charge is 0.392 e. The van der Waals surface area contributed by atoms with Crippen LogP contribution in [-0.2, 0) is 16.6 Å². The van der Waals surface area contributed by atoms with E-state index in [0.717, 1.165) is 18.4 Å². The van der Waals surface area contributed by atoms with Gasteiger partial charge in [0.05, 0.1) is 11.5 Å². The third kappa shape index (κ3) is 2.75. The molecule has 1 unspecified atom stereocenters. The number of aliphatic hydroxyl groups is 1. The fraction of sp³-hybridized carbons (Fsp3) is 0.600. The summed E-state index contributed by atoms with van der Waals surface area (Å²) in [6.07, 6.45) is 1.84. The molecule has 1 aromatic carbocycles. The minimum atomic E-state index is -3.46. The number of hydrogen-bond donors (Lipinski definition) is 1. The average Bonchev–Trinajstić information content (AvgIpc) is 2.89. The smallest absolute Gasteiger partial charge is 0.243 e. The summed E-state index contributed by atoms with van der Waals surface area (Å²) in [6.45, 7) is 6.45. The molecule has 1 heterocycles. The maximum absolute atomic E-state index is 12.8. The molecule has 20 heavy (non-hydrogen) atoms. The predicted molar refractivity (Wildman–Crippen MR) is 78.9 cm³/mol. The van der Waals surface area contributed by atoms with Gasteiger partial charge in [0.15, 0.2) is 0 Å². The topological polar surface area (TPSA) is 57.6 Å². The van der Waals surface area contributed by atoms with Gasteiger partial charge < -0.3 is 5.11 Å². The van der Waals surface area contributed by atoms with Crippen molar-refractivity contribution < 1.29 is 13.5 Å². The van der Waals surface area contributed by atoms with Crippen molar-refractivity contribution in [2.24, 2.45) is 5.92 Å². The zero-order valence-electron chi connectivity index (χ0n) is 12.3. The van der Waals surface area contributed by atoms with Crippen LogP contribution in [0.25, 0.3) is 0 Å². The van der Waals surface area contributed by atoms with Crippen LogP contribution in [0.2, 0.25) is 0 Å². The number of hydrogen-bond acceptors (Lipinski definition) is 3. The van der Waals surface area contributed by atoms with E-state index in [1.165, 1.54) is 0 Å². The SMILES string of the molecule is Cc1ccc(S(=O)(=O)N2CCCC2C(C)C)cc1CO. The second kappa shape index (κ2) is 5.84. The van der Waals surface area contributed by atoms with Crippen LogP contribution >= 0.6 is 0 Å². The second-order valence-electron chi connectivity index (χ2n) is 5.82. The van der Waals surface area contributed by atoms with Crippen molar-refractivity contribution in [2.45, 2.75) is 51.2 Å². The summed E-state index contributed by atoms with van der Waals surface area (Å²) in [5, 5.41) is 9.31. The Labute approximate surface area is 121 Å². The van der Waals surface area contributed by atoms with Gasteiger partial charge in [-0.15, -0.1) is 0 Å². The van der Waals surface area contributed by atoms with Crippen molar-refractivity contribution in [3.05, 3.63) is 29.3 Å². The normalized spacial score (nSPS) is 20.8. The maximum atomic E-state index is 12.8. The monoisotopic (exact) mass is 297 g/mol. The molecule has 1 saturated heterocycles. The van der Waals surface area contributed by atoms with E-state index in [1.54, 1.807) is 22.5 Å². The standard InChI is InChI=1S/C15H23NO3S/c1-11(2)15-5-4-8-16(15)20(18,19)14-7-6-12(3)13(9-14)10-17/h6-7,9,11,15,17H,4-5,8,10H2,1-3H3. The van der Waals surface area contributed by atoms with Crippen molar-refractivity contribution in [3.63, 3.8) is 0 Å². The molecule has 0 aliphatic carbocycles. The molecule has 0 saturated carbocycles. The number of aliphatic hydroxyl groups excluding tert-OH is 1. The van der Waals surface area contributed by atoms with Gasteiger partial charge in [0.2, 0.25) is 10.0 Å². The molecule has 0 radical (unpaired) electrons. The molecule has 4 nitrogen and oxygen atoms in total. The molecule has 1 fully saturated rings. The van der Waals surface area contributed by atoms with E-state index in [2.05, 4.69) is 13.8 Å². The quantitative estimate of drug-likeness (QED) is 0.927. The first kappa shape index (κ1) is 15.5. The van der Waals surface area contributed by atoms with Crippen LogP contribution < -0.4 is 0 Å². The fourth-order valence-corrected chi connectivity index (χ4v) is 4.72. The van der Waals surface area contributed by atoms with Crippen molar-refractivity contribution >= 4 is 10.0 Å². The first-order chi connectivity index (χ1) is 9.37. The van der Waals surface area contributed by atoms with Crippen LogP contribution in [0.1, 0.15) is 37.8 Å². The highest BCUT2D eigenvalue weighted by atomic mass is 32.2. The fourth-order valence-electron chi connectivity index (χ4n) is 2.84. The molecule has 1 atom stereocenters. The highest BCUT2D eigenvalue weighted by molar-refractivity contribution is 7.89. The number of rotatable bonds is 4. The van der Waals surface area contributed by atoms with Gasteiger partial charge in [-0.1, -0.05) is 19.9 Å². The van der Waals surface area contributed by atoms with Crippen LogP contribution in [-0.4, -0.2) is 30.4 Å². The zero-order chi connectivity index (χ0) is 14.9. The van der Waals surface area contributed by atoms with Gasteiger partial charge in [0.25, 0.3) is 0 Å². The van der Waals surface area contributed by atoms with Crippen molar-refractivity contribution in [1.29, 1.82) is 0 Å². The Bertz CT molecular complexity index is 581. The number of nitrogens with zero attached hydrogens (tertiary/aromatic N) is 1. The average molecular weight is 297 g/mol. The van der Waals surface area contributed by atoms with Crippen molar-refractivity contribution in [2.75, 3.05) is 6.54 Å². The number of sulfonamides is 1. The van der Waals surface area contributed by atoms with Crippen molar-refractivity contribution in [1.82, 2.24) is 4.31 Å². The van der Waals surface area contributed by atoms with E-state index >= 15 is 0 Å². The van der Waals surface area contributed by atoms with E-state index in [0.29, 0.717) is 22.9 Å². The lowest BCUT2D eigenvalue weighted by Gasteiger charge is -2.27. The summed E-state index contributed by atoms with van der Waals surface area (Å²) in [7, 11) is -3.46. The maximum Gasteiger partial charge on any atom is 0.243 e. The first-order valence-electron chi connectivity index (χ1n) is 7.10. The van der Waals surface area contributed by atoms with E-state index in [1.807, 2.05) is 6.92 Å². The molecule has 0 amide bonds. The van der Waals surface area contributed by atoms with Crippen LogP contribution in [0, 0.1) is 12.8 Å². The van der Waals surface area contributed by atoms with Gasteiger partial charge in [-0.05, 0) is 48.9 Å². The molecule has 0 spiro atoms. The first-order valence-corrected chi connectivity index (χ1v) is 8.54. The Balaban J connectivity index is 2.40. The lowest BCUT2D eigenvalue weighted by Crippen LogP contribution is -2.38. The second-order valence-corrected chi connectivity index (χ2v) is 7.71. The highest BCUT2D eigenvalue weighted by Gasteiger charge is 2.36. The minimum absolute atomic E-state index is 0.0823. The molecule has 1 aliphatic rings. The zero-order valence-corrected chi connectivity index (χ0v) is 13.2. The van der Waals surface area contributed by atoms with E-state index in [4.69, 9.17) is 0 Å². The summed E-state index contributed by atoms with van der Waals surface area (Å²) in [5.41, 5.74) is 1.58. The molecule has 112 valence electrons. The van der Waals surface area contributed by atoms with Gasteiger partial charge in [-0.2, -0.15) is 4.31 Å². The lowest BCUT2D eigenvalue weighted by atomic mass is 10.0. The third-order valence-electron chi connectivity index (χ3n) is 4.12. The Morgan fingerprint density at radius 3 is 2.70 bits per heavy atom.